The molecule has 4 nitrogen and oxygen atoms in total. The number of aromatic nitrogens is 2. The number of nitrogens with one attached hydrogen (secondary N) is 1. The molecule has 0 saturated heterocycles. The Kier molecular flexibility index (Phi) is 3.81. The van der Waals surface area contributed by atoms with Crippen LogP contribution in [0.5, 0.6) is 0 Å². The van der Waals surface area contributed by atoms with Crippen LogP contribution in [0.15, 0.2) is 36.4 Å². The molecule has 4 heteroatoms. The number of nitrogens with zero attached hydrogens (tertiary/aromatic N) is 2. The Morgan fingerprint density at radius 1 is 1.15 bits per heavy atom. The molecule has 0 aliphatic heterocycles. The largest absolute Gasteiger partial charge is 0.384 e. The first-order valence-electron chi connectivity index (χ1n) is 7.25. The molecular formula is C16H20N4. The molecule has 3 N–H and O–H groups in total. The molecule has 1 saturated carbocycles. The van der Waals surface area contributed by atoms with Crippen molar-refractivity contribution in [2.75, 3.05) is 17.6 Å². The molecule has 104 valence electrons. The molecule has 0 radical (unpaired) electrons. The van der Waals surface area contributed by atoms with Gasteiger partial charge in [-0.15, -0.1) is 0 Å². The summed E-state index contributed by atoms with van der Waals surface area (Å²) < 4.78 is 0. The third-order valence-electron chi connectivity index (χ3n) is 3.57. The zero-order chi connectivity index (χ0) is 13.8. The first kappa shape index (κ1) is 12.9. The van der Waals surface area contributed by atoms with Crippen molar-refractivity contribution in [1.29, 1.82) is 0 Å². The van der Waals surface area contributed by atoms with E-state index < -0.39 is 0 Å². The molecule has 1 aliphatic carbocycles. The minimum Gasteiger partial charge on any atom is -0.384 e. The number of hydrogen-bond donors (Lipinski definition) is 2. The second-order valence-electron chi connectivity index (χ2n) is 5.38. The van der Waals surface area contributed by atoms with Crippen molar-refractivity contribution in [1.82, 2.24) is 9.97 Å². The van der Waals surface area contributed by atoms with Crippen LogP contribution in [0.2, 0.25) is 0 Å². The molecule has 1 aromatic heterocycles. The summed E-state index contributed by atoms with van der Waals surface area (Å²) in [5.74, 6) is 2.97. The molecule has 1 aliphatic rings. The van der Waals surface area contributed by atoms with Crippen molar-refractivity contribution in [2.24, 2.45) is 5.92 Å². The minimum atomic E-state index is 0.503. The first-order valence-corrected chi connectivity index (χ1v) is 7.25. The Bertz CT molecular complexity index is 564. The normalized spacial score (nSPS) is 14.2. The average Bonchev–Trinajstić information content (AvgIpc) is 3.28. The van der Waals surface area contributed by atoms with Crippen molar-refractivity contribution >= 4 is 11.6 Å². The van der Waals surface area contributed by atoms with E-state index in [9.17, 15) is 0 Å². The summed E-state index contributed by atoms with van der Waals surface area (Å²) in [5, 5.41) is 3.35. The van der Waals surface area contributed by atoms with Gasteiger partial charge in [-0.1, -0.05) is 43.2 Å². The number of nitrogens with two attached hydrogens (primary N) is 1. The summed E-state index contributed by atoms with van der Waals surface area (Å²) in [6.07, 6.45) is 5.34. The van der Waals surface area contributed by atoms with E-state index in [4.69, 9.17) is 5.73 Å². The predicted octanol–water partition coefficient (Wildman–Crippen LogP) is 3.33. The molecule has 1 aromatic carbocycles. The van der Waals surface area contributed by atoms with Crippen molar-refractivity contribution in [3.8, 4) is 11.4 Å². The maximum Gasteiger partial charge on any atom is 0.163 e. The van der Waals surface area contributed by atoms with E-state index in [0.29, 0.717) is 11.6 Å². The third kappa shape index (κ3) is 3.47. The van der Waals surface area contributed by atoms with Gasteiger partial charge in [0.15, 0.2) is 5.82 Å². The quantitative estimate of drug-likeness (QED) is 0.789. The van der Waals surface area contributed by atoms with Gasteiger partial charge in [-0.2, -0.15) is 0 Å². The van der Waals surface area contributed by atoms with Crippen LogP contribution in [0.25, 0.3) is 11.4 Å². The van der Waals surface area contributed by atoms with Crippen LogP contribution in [0, 0.1) is 5.92 Å². The van der Waals surface area contributed by atoms with Gasteiger partial charge in [0.2, 0.25) is 0 Å². The van der Waals surface area contributed by atoms with Crippen molar-refractivity contribution < 1.29 is 0 Å². The van der Waals surface area contributed by atoms with Crippen molar-refractivity contribution in [3.63, 3.8) is 0 Å². The SMILES string of the molecule is Nc1cc(NCCCC2CC2)nc(-c2ccccc2)n1. The summed E-state index contributed by atoms with van der Waals surface area (Å²) in [7, 11) is 0. The van der Waals surface area contributed by atoms with Crippen LogP contribution < -0.4 is 11.1 Å². The summed E-state index contributed by atoms with van der Waals surface area (Å²) in [6.45, 7) is 0.946. The molecular weight excluding hydrogens is 248 g/mol. The fraction of sp³-hybridized carbons (Fsp3) is 0.375. The topological polar surface area (TPSA) is 63.8 Å². The fourth-order valence-corrected chi connectivity index (χ4v) is 2.29. The van der Waals surface area contributed by atoms with Gasteiger partial charge < -0.3 is 11.1 Å². The fourth-order valence-electron chi connectivity index (χ4n) is 2.29. The lowest BCUT2D eigenvalue weighted by atomic mass is 10.2. The average molecular weight is 268 g/mol. The van der Waals surface area contributed by atoms with E-state index in [1.54, 1.807) is 6.07 Å². The van der Waals surface area contributed by atoms with Gasteiger partial charge in [0.05, 0.1) is 0 Å². The van der Waals surface area contributed by atoms with Gasteiger partial charge in [-0.3, -0.25) is 0 Å². The van der Waals surface area contributed by atoms with E-state index >= 15 is 0 Å². The van der Waals surface area contributed by atoms with Gasteiger partial charge in [-0.25, -0.2) is 9.97 Å². The van der Waals surface area contributed by atoms with Crippen LogP contribution in [-0.4, -0.2) is 16.5 Å². The van der Waals surface area contributed by atoms with Crippen LogP contribution in [0.3, 0.4) is 0 Å². The molecule has 0 unspecified atom stereocenters. The molecule has 2 aromatic rings. The Balaban J connectivity index is 1.66. The van der Waals surface area contributed by atoms with E-state index in [1.807, 2.05) is 30.3 Å². The Labute approximate surface area is 119 Å². The molecule has 1 heterocycles. The van der Waals surface area contributed by atoms with Gasteiger partial charge in [0, 0.05) is 18.2 Å². The minimum absolute atomic E-state index is 0.503. The number of benzene rings is 1. The highest BCUT2D eigenvalue weighted by atomic mass is 15.0. The first-order chi connectivity index (χ1) is 9.81. The summed E-state index contributed by atoms with van der Waals surface area (Å²) >= 11 is 0. The molecule has 0 amide bonds. The van der Waals surface area contributed by atoms with E-state index in [1.165, 1.54) is 25.7 Å². The Hall–Kier alpha value is -2.10. The second-order valence-corrected chi connectivity index (χ2v) is 5.38. The van der Waals surface area contributed by atoms with Crippen LogP contribution in [-0.2, 0) is 0 Å². The van der Waals surface area contributed by atoms with Gasteiger partial charge in [0.25, 0.3) is 0 Å². The number of anilines is 2. The molecule has 1 fully saturated rings. The van der Waals surface area contributed by atoms with Gasteiger partial charge in [-0.05, 0) is 18.8 Å². The number of nitrogen functional groups attached to an aromatic ring is 1. The van der Waals surface area contributed by atoms with E-state index in [0.717, 1.165) is 23.8 Å². The predicted molar refractivity (Wildman–Crippen MR) is 82.3 cm³/mol. The maximum absolute atomic E-state index is 5.87. The lowest BCUT2D eigenvalue weighted by Gasteiger charge is -2.08. The number of rotatable bonds is 6. The lowest BCUT2D eigenvalue weighted by Crippen LogP contribution is -2.06. The molecule has 20 heavy (non-hydrogen) atoms. The van der Waals surface area contributed by atoms with Gasteiger partial charge in [0.1, 0.15) is 11.6 Å². The smallest absolute Gasteiger partial charge is 0.163 e. The number of hydrogen-bond acceptors (Lipinski definition) is 4. The second kappa shape index (κ2) is 5.90. The standard InChI is InChI=1S/C16H20N4/c17-14-11-15(18-10-4-5-12-8-9-12)20-16(19-14)13-6-2-1-3-7-13/h1-3,6-7,11-12H,4-5,8-10H2,(H3,17,18,19,20). The van der Waals surface area contributed by atoms with Crippen molar-refractivity contribution in [2.45, 2.75) is 25.7 Å². The highest BCUT2D eigenvalue weighted by Crippen LogP contribution is 2.33. The maximum atomic E-state index is 5.87. The summed E-state index contributed by atoms with van der Waals surface area (Å²) in [6, 6.07) is 11.7. The lowest BCUT2D eigenvalue weighted by molar-refractivity contribution is 0.686. The monoisotopic (exact) mass is 268 g/mol. The molecule has 0 bridgehead atoms. The Morgan fingerprint density at radius 3 is 2.70 bits per heavy atom. The van der Waals surface area contributed by atoms with Crippen LogP contribution in [0.1, 0.15) is 25.7 Å². The Morgan fingerprint density at radius 2 is 1.95 bits per heavy atom. The summed E-state index contributed by atoms with van der Waals surface area (Å²) in [5.41, 5.74) is 6.85. The zero-order valence-corrected chi connectivity index (χ0v) is 11.5. The van der Waals surface area contributed by atoms with E-state index in [-0.39, 0.29) is 0 Å². The third-order valence-corrected chi connectivity index (χ3v) is 3.57. The van der Waals surface area contributed by atoms with Crippen LogP contribution in [0.4, 0.5) is 11.6 Å². The molecule has 3 rings (SSSR count). The molecule has 0 atom stereocenters. The highest BCUT2D eigenvalue weighted by molar-refractivity contribution is 5.60. The van der Waals surface area contributed by atoms with E-state index in [2.05, 4.69) is 15.3 Å². The highest BCUT2D eigenvalue weighted by Gasteiger charge is 2.19. The van der Waals surface area contributed by atoms with Crippen molar-refractivity contribution in [3.05, 3.63) is 36.4 Å². The van der Waals surface area contributed by atoms with Gasteiger partial charge >= 0.3 is 0 Å². The van der Waals surface area contributed by atoms with Crippen LogP contribution >= 0.6 is 0 Å². The molecule has 0 spiro atoms. The summed E-state index contributed by atoms with van der Waals surface area (Å²) in [4.78, 5) is 8.83. The zero-order valence-electron chi connectivity index (χ0n) is 11.5.